The number of nitrogens with one attached hydrogen (secondary N) is 1. The summed E-state index contributed by atoms with van der Waals surface area (Å²) in [4.78, 5) is 17.2. The summed E-state index contributed by atoms with van der Waals surface area (Å²) >= 11 is 3.37. The molecule has 0 radical (unpaired) electrons. The van der Waals surface area contributed by atoms with Gasteiger partial charge >= 0.3 is 5.69 Å². The zero-order chi connectivity index (χ0) is 9.26. The molecule has 4 heteroatoms. The number of aromatic amines is 1. The van der Waals surface area contributed by atoms with Crippen molar-refractivity contribution in [3.8, 4) is 0 Å². The molecular weight excluding hydrogens is 232 g/mol. The first kappa shape index (κ1) is 8.44. The minimum atomic E-state index is -0.306. The summed E-state index contributed by atoms with van der Waals surface area (Å²) in [5.41, 5.74) is 1.69. The van der Waals surface area contributed by atoms with E-state index in [4.69, 9.17) is 0 Å². The Bertz CT molecular complexity index is 492. The molecule has 0 saturated heterocycles. The predicted octanol–water partition coefficient (Wildman–Crippen LogP) is 1.82. The van der Waals surface area contributed by atoms with E-state index < -0.39 is 0 Å². The molecule has 0 aliphatic rings. The van der Waals surface area contributed by atoms with Crippen molar-refractivity contribution >= 4 is 26.8 Å². The number of hydrogen-bond acceptors (Lipinski definition) is 2. The van der Waals surface area contributed by atoms with Gasteiger partial charge in [-0.25, -0.2) is 9.78 Å². The van der Waals surface area contributed by atoms with Gasteiger partial charge in [-0.1, -0.05) is 22.0 Å². The fourth-order valence-corrected chi connectivity index (χ4v) is 1.54. The Morgan fingerprint density at radius 2 is 2.31 bits per heavy atom. The molecule has 66 valence electrons. The van der Waals surface area contributed by atoms with Crippen LogP contribution >= 0.6 is 15.9 Å². The van der Waals surface area contributed by atoms with Gasteiger partial charge < -0.3 is 4.98 Å². The first-order valence-electron chi connectivity index (χ1n) is 3.83. The molecule has 0 aliphatic heterocycles. The molecule has 0 saturated carbocycles. The molecule has 0 amide bonds. The Kier molecular flexibility index (Phi) is 2.14. The minimum absolute atomic E-state index is 0.306. The normalized spacial score (nSPS) is 10.5. The number of benzene rings is 1. The lowest BCUT2D eigenvalue weighted by molar-refractivity contribution is 1.12. The summed E-state index contributed by atoms with van der Waals surface area (Å²) in [5.74, 6) is 0. The van der Waals surface area contributed by atoms with Crippen molar-refractivity contribution < 1.29 is 0 Å². The highest BCUT2D eigenvalue weighted by molar-refractivity contribution is 9.08. The molecule has 1 heterocycles. The Morgan fingerprint density at radius 1 is 1.46 bits per heavy atom. The first-order chi connectivity index (χ1) is 6.29. The van der Waals surface area contributed by atoms with Gasteiger partial charge in [-0.05, 0) is 17.7 Å². The SMILES string of the molecule is O=c1ncc2cc(CBr)ccc2[nH]1. The summed E-state index contributed by atoms with van der Waals surface area (Å²) in [7, 11) is 0. The van der Waals surface area contributed by atoms with E-state index in [0.29, 0.717) is 0 Å². The van der Waals surface area contributed by atoms with Gasteiger partial charge in [0.15, 0.2) is 0 Å². The molecule has 2 rings (SSSR count). The molecule has 0 atom stereocenters. The number of H-pyrrole nitrogens is 1. The van der Waals surface area contributed by atoms with E-state index in [2.05, 4.69) is 25.9 Å². The van der Waals surface area contributed by atoms with Crippen LogP contribution in [0.5, 0.6) is 0 Å². The maximum Gasteiger partial charge on any atom is 0.345 e. The Labute approximate surface area is 82.9 Å². The molecule has 0 bridgehead atoms. The maximum absolute atomic E-state index is 10.9. The van der Waals surface area contributed by atoms with Gasteiger partial charge in [-0.2, -0.15) is 0 Å². The lowest BCUT2D eigenvalue weighted by Gasteiger charge is -1.98. The van der Waals surface area contributed by atoms with Gasteiger partial charge in [0, 0.05) is 16.9 Å². The van der Waals surface area contributed by atoms with Crippen molar-refractivity contribution in [3.05, 3.63) is 40.4 Å². The van der Waals surface area contributed by atoms with Gasteiger partial charge in [0.05, 0.1) is 5.52 Å². The van der Waals surface area contributed by atoms with Crippen LogP contribution in [0.1, 0.15) is 5.56 Å². The third kappa shape index (κ3) is 1.62. The van der Waals surface area contributed by atoms with E-state index in [1.165, 1.54) is 5.56 Å². The molecule has 3 nitrogen and oxygen atoms in total. The van der Waals surface area contributed by atoms with Crippen LogP contribution in [-0.4, -0.2) is 9.97 Å². The monoisotopic (exact) mass is 238 g/mol. The molecule has 1 aromatic heterocycles. The lowest BCUT2D eigenvalue weighted by Crippen LogP contribution is -2.08. The average molecular weight is 239 g/mol. The molecule has 1 aromatic carbocycles. The van der Waals surface area contributed by atoms with E-state index >= 15 is 0 Å². The topological polar surface area (TPSA) is 45.8 Å². The van der Waals surface area contributed by atoms with Gasteiger partial charge in [-0.15, -0.1) is 0 Å². The average Bonchev–Trinajstić information content (AvgIpc) is 2.17. The van der Waals surface area contributed by atoms with Crippen LogP contribution in [0.15, 0.2) is 29.2 Å². The second kappa shape index (κ2) is 3.30. The van der Waals surface area contributed by atoms with E-state index in [-0.39, 0.29) is 5.69 Å². The number of halogens is 1. The summed E-state index contributed by atoms with van der Waals surface area (Å²) in [5, 5.41) is 1.76. The molecular formula is C9H7BrN2O. The second-order valence-electron chi connectivity index (χ2n) is 2.74. The molecule has 0 unspecified atom stereocenters. The highest BCUT2D eigenvalue weighted by Gasteiger charge is 1.96. The van der Waals surface area contributed by atoms with Gasteiger partial charge in [0.25, 0.3) is 0 Å². The highest BCUT2D eigenvalue weighted by atomic mass is 79.9. The Morgan fingerprint density at radius 3 is 3.08 bits per heavy atom. The third-order valence-corrected chi connectivity index (χ3v) is 2.48. The maximum atomic E-state index is 10.9. The standard InChI is InChI=1S/C9H7BrN2O/c10-4-6-1-2-8-7(3-6)5-11-9(13)12-8/h1-3,5H,4H2,(H,11,12,13). The Hall–Kier alpha value is -1.16. The number of rotatable bonds is 1. The van der Waals surface area contributed by atoms with Crippen molar-refractivity contribution in [1.82, 2.24) is 9.97 Å². The van der Waals surface area contributed by atoms with Crippen molar-refractivity contribution in [3.63, 3.8) is 0 Å². The van der Waals surface area contributed by atoms with Crippen molar-refractivity contribution in [2.24, 2.45) is 0 Å². The van der Waals surface area contributed by atoms with E-state index in [9.17, 15) is 4.79 Å². The van der Waals surface area contributed by atoms with Crippen LogP contribution in [0, 0.1) is 0 Å². The predicted molar refractivity (Wildman–Crippen MR) is 55.0 cm³/mol. The van der Waals surface area contributed by atoms with Crippen LogP contribution < -0.4 is 5.69 Å². The molecule has 1 N–H and O–H groups in total. The van der Waals surface area contributed by atoms with Crippen LogP contribution in [0.3, 0.4) is 0 Å². The van der Waals surface area contributed by atoms with Gasteiger partial charge in [-0.3, -0.25) is 0 Å². The number of alkyl halides is 1. The molecule has 0 fully saturated rings. The summed E-state index contributed by atoms with van der Waals surface area (Å²) in [6.07, 6.45) is 1.58. The van der Waals surface area contributed by atoms with Gasteiger partial charge in [0.2, 0.25) is 0 Å². The fourth-order valence-electron chi connectivity index (χ4n) is 1.19. The largest absolute Gasteiger partial charge is 0.345 e. The zero-order valence-corrected chi connectivity index (χ0v) is 8.34. The van der Waals surface area contributed by atoms with Crippen LogP contribution in [0.25, 0.3) is 10.9 Å². The summed E-state index contributed by atoms with van der Waals surface area (Å²) in [6, 6.07) is 5.84. The quantitative estimate of drug-likeness (QED) is 0.771. The molecule has 2 aromatic rings. The van der Waals surface area contributed by atoms with Crippen molar-refractivity contribution in [2.45, 2.75) is 5.33 Å². The number of hydrogen-bond donors (Lipinski definition) is 1. The number of nitrogens with zero attached hydrogens (tertiary/aromatic N) is 1. The minimum Gasteiger partial charge on any atom is -0.305 e. The second-order valence-corrected chi connectivity index (χ2v) is 3.30. The lowest BCUT2D eigenvalue weighted by atomic mass is 10.2. The first-order valence-corrected chi connectivity index (χ1v) is 4.95. The number of aromatic nitrogens is 2. The molecule has 13 heavy (non-hydrogen) atoms. The summed E-state index contributed by atoms with van der Waals surface area (Å²) < 4.78 is 0. The van der Waals surface area contributed by atoms with Gasteiger partial charge in [0.1, 0.15) is 0 Å². The van der Waals surface area contributed by atoms with Crippen LogP contribution in [0.2, 0.25) is 0 Å². The number of fused-ring (bicyclic) bond motifs is 1. The smallest absolute Gasteiger partial charge is 0.305 e. The van der Waals surface area contributed by atoms with E-state index in [0.717, 1.165) is 16.2 Å². The third-order valence-electron chi connectivity index (χ3n) is 1.83. The highest BCUT2D eigenvalue weighted by Crippen LogP contribution is 2.13. The van der Waals surface area contributed by atoms with Crippen LogP contribution in [-0.2, 0) is 5.33 Å². The molecule has 0 spiro atoms. The van der Waals surface area contributed by atoms with E-state index in [1.54, 1.807) is 6.20 Å². The fraction of sp³-hybridized carbons (Fsp3) is 0.111. The van der Waals surface area contributed by atoms with Crippen LogP contribution in [0.4, 0.5) is 0 Å². The zero-order valence-electron chi connectivity index (χ0n) is 6.75. The van der Waals surface area contributed by atoms with Crippen molar-refractivity contribution in [2.75, 3.05) is 0 Å². The summed E-state index contributed by atoms with van der Waals surface area (Å²) in [6.45, 7) is 0. The van der Waals surface area contributed by atoms with Crippen molar-refractivity contribution in [1.29, 1.82) is 0 Å². The van der Waals surface area contributed by atoms with E-state index in [1.807, 2.05) is 18.2 Å². The Balaban J connectivity index is 2.73. The molecule has 0 aliphatic carbocycles.